The van der Waals surface area contributed by atoms with Crippen LogP contribution in [0.15, 0.2) is 24.4 Å². The molecule has 32 heavy (non-hydrogen) atoms. The molecule has 2 unspecified atom stereocenters. The number of hydrogen-bond donors (Lipinski definition) is 3. The Hall–Kier alpha value is -3.38. The lowest BCUT2D eigenvalue weighted by molar-refractivity contribution is 0.136. The zero-order valence-electron chi connectivity index (χ0n) is 18.4. The highest BCUT2D eigenvalue weighted by atomic mass is 16.5. The fourth-order valence-corrected chi connectivity index (χ4v) is 5.23. The topological polar surface area (TPSA) is 115 Å². The maximum atomic E-state index is 8.99. The molecule has 0 amide bonds. The molecule has 3 aromatic rings. The van der Waals surface area contributed by atoms with Gasteiger partial charge >= 0.3 is 0 Å². The number of nitrogens with zero attached hydrogens (tertiary/aromatic N) is 5. The summed E-state index contributed by atoms with van der Waals surface area (Å²) in [4.78, 5) is 12.0. The third-order valence-corrected chi connectivity index (χ3v) is 6.58. The van der Waals surface area contributed by atoms with Gasteiger partial charge in [-0.2, -0.15) is 10.4 Å². The van der Waals surface area contributed by atoms with Crippen molar-refractivity contribution >= 4 is 28.4 Å². The van der Waals surface area contributed by atoms with E-state index in [0.717, 1.165) is 41.8 Å². The van der Waals surface area contributed by atoms with Gasteiger partial charge in [-0.05, 0) is 44.7 Å². The van der Waals surface area contributed by atoms with Crippen LogP contribution in [0.1, 0.15) is 37.8 Å². The molecule has 0 spiro atoms. The number of H-pyrrole nitrogens is 1. The van der Waals surface area contributed by atoms with Crippen LogP contribution in [0.25, 0.3) is 10.9 Å². The van der Waals surface area contributed by atoms with Crippen LogP contribution in [0.4, 0.5) is 17.5 Å². The molecular formula is C23H28N8O. The standard InChI is InChI=1S/C23H28N8O/c1-14-11-19(30-29-14)27-23-21(32-2)20-18(5-3-9-25-20)22(28-23)26-15-12-16-6-7-17(13-15)31(16)10-4-8-24/h3,5,9,11,15-17H,4,6-7,10,12-13H2,1-2H3,(H3,26,27,28,29,30). The number of aromatic amines is 1. The molecule has 0 aromatic carbocycles. The molecule has 9 heteroatoms. The molecule has 0 saturated carbocycles. The van der Waals surface area contributed by atoms with E-state index in [9.17, 15) is 0 Å². The zero-order valence-corrected chi connectivity index (χ0v) is 18.4. The van der Waals surface area contributed by atoms with Crippen LogP contribution in [0, 0.1) is 18.3 Å². The number of piperidine rings is 1. The van der Waals surface area contributed by atoms with Crippen LogP contribution >= 0.6 is 0 Å². The van der Waals surface area contributed by atoms with Crippen LogP contribution in [-0.2, 0) is 0 Å². The predicted octanol–water partition coefficient (Wildman–Crippen LogP) is 3.73. The van der Waals surface area contributed by atoms with Crippen molar-refractivity contribution in [2.45, 2.75) is 57.2 Å². The minimum absolute atomic E-state index is 0.329. The van der Waals surface area contributed by atoms with Gasteiger partial charge in [0.15, 0.2) is 17.4 Å². The number of aromatic nitrogens is 4. The second-order valence-corrected chi connectivity index (χ2v) is 8.65. The Morgan fingerprint density at radius 2 is 2.09 bits per heavy atom. The highest BCUT2D eigenvalue weighted by Crippen LogP contribution is 2.39. The average Bonchev–Trinajstić information content (AvgIpc) is 3.31. The van der Waals surface area contributed by atoms with E-state index in [2.05, 4.69) is 36.8 Å². The molecule has 5 heterocycles. The van der Waals surface area contributed by atoms with Gasteiger partial charge in [0.1, 0.15) is 11.3 Å². The van der Waals surface area contributed by atoms with Crippen LogP contribution in [0.5, 0.6) is 5.75 Å². The monoisotopic (exact) mass is 432 g/mol. The Kier molecular flexibility index (Phi) is 5.53. The number of ether oxygens (including phenoxy) is 1. The third kappa shape index (κ3) is 3.82. The first kappa shape index (κ1) is 20.5. The number of aryl methyl sites for hydroxylation is 1. The second-order valence-electron chi connectivity index (χ2n) is 8.65. The van der Waals surface area contributed by atoms with Crippen molar-refractivity contribution < 1.29 is 4.74 Å². The number of nitriles is 1. The van der Waals surface area contributed by atoms with E-state index in [4.69, 9.17) is 15.0 Å². The Morgan fingerprint density at radius 1 is 1.28 bits per heavy atom. The number of fused-ring (bicyclic) bond motifs is 3. The van der Waals surface area contributed by atoms with Gasteiger partial charge in [-0.3, -0.25) is 15.0 Å². The van der Waals surface area contributed by atoms with Crippen molar-refractivity contribution in [3.05, 3.63) is 30.1 Å². The van der Waals surface area contributed by atoms with Crippen molar-refractivity contribution in [3.8, 4) is 11.8 Å². The molecule has 2 aliphatic heterocycles. The van der Waals surface area contributed by atoms with E-state index in [1.165, 1.54) is 12.8 Å². The SMILES string of the molecule is COc1c(Nc2cc(C)[nH]n2)nc(NC2CC3CCC(C2)N3CCC#N)c2cccnc12. The molecule has 3 aromatic heterocycles. The summed E-state index contributed by atoms with van der Waals surface area (Å²) in [7, 11) is 1.63. The summed E-state index contributed by atoms with van der Waals surface area (Å²) in [5.74, 6) is 2.66. The first-order chi connectivity index (χ1) is 15.7. The van der Waals surface area contributed by atoms with Gasteiger partial charge in [0.05, 0.1) is 13.2 Å². The van der Waals surface area contributed by atoms with Gasteiger partial charge in [-0.15, -0.1) is 0 Å². The largest absolute Gasteiger partial charge is 0.491 e. The summed E-state index contributed by atoms with van der Waals surface area (Å²) in [5, 5.41) is 24.1. The fraction of sp³-hybridized carbons (Fsp3) is 0.478. The highest BCUT2D eigenvalue weighted by Gasteiger charge is 2.40. The van der Waals surface area contributed by atoms with Crippen LogP contribution in [0.3, 0.4) is 0 Å². The van der Waals surface area contributed by atoms with Gasteiger partial charge in [0, 0.05) is 54.4 Å². The summed E-state index contributed by atoms with van der Waals surface area (Å²) >= 11 is 0. The third-order valence-electron chi connectivity index (χ3n) is 6.58. The molecule has 0 radical (unpaired) electrons. The molecular weight excluding hydrogens is 404 g/mol. The van der Waals surface area contributed by atoms with E-state index in [1.54, 1.807) is 13.3 Å². The first-order valence-electron chi connectivity index (χ1n) is 11.2. The van der Waals surface area contributed by atoms with Crippen molar-refractivity contribution in [1.29, 1.82) is 5.26 Å². The van der Waals surface area contributed by atoms with Gasteiger partial charge < -0.3 is 15.4 Å². The quantitative estimate of drug-likeness (QED) is 0.517. The molecule has 9 nitrogen and oxygen atoms in total. The van der Waals surface area contributed by atoms with E-state index < -0.39 is 0 Å². The van der Waals surface area contributed by atoms with E-state index >= 15 is 0 Å². The van der Waals surface area contributed by atoms with Crippen LogP contribution < -0.4 is 15.4 Å². The molecule has 2 bridgehead atoms. The number of rotatable bonds is 7. The van der Waals surface area contributed by atoms with Gasteiger partial charge in [-0.1, -0.05) is 0 Å². The number of anilines is 3. The lowest BCUT2D eigenvalue weighted by Crippen LogP contribution is -2.47. The maximum Gasteiger partial charge on any atom is 0.188 e. The van der Waals surface area contributed by atoms with E-state index in [0.29, 0.717) is 41.9 Å². The van der Waals surface area contributed by atoms with Gasteiger partial charge in [0.25, 0.3) is 0 Å². The molecule has 5 rings (SSSR count). The van der Waals surface area contributed by atoms with Crippen LogP contribution in [-0.4, -0.2) is 56.8 Å². The summed E-state index contributed by atoms with van der Waals surface area (Å²) in [6.45, 7) is 2.83. The van der Waals surface area contributed by atoms with Crippen molar-refractivity contribution in [3.63, 3.8) is 0 Å². The average molecular weight is 433 g/mol. The van der Waals surface area contributed by atoms with Crippen molar-refractivity contribution in [2.75, 3.05) is 24.3 Å². The number of hydrogen-bond acceptors (Lipinski definition) is 8. The lowest BCUT2D eigenvalue weighted by Gasteiger charge is -2.39. The fourth-order valence-electron chi connectivity index (χ4n) is 5.23. The minimum Gasteiger partial charge on any atom is -0.491 e. The zero-order chi connectivity index (χ0) is 22.1. The molecule has 166 valence electrons. The Balaban J connectivity index is 1.44. The Bertz CT molecular complexity index is 1140. The second kappa shape index (κ2) is 8.63. The van der Waals surface area contributed by atoms with Crippen molar-refractivity contribution in [2.24, 2.45) is 0 Å². The number of methoxy groups -OCH3 is 1. The Labute approximate surface area is 187 Å². The summed E-state index contributed by atoms with van der Waals surface area (Å²) < 4.78 is 5.69. The minimum atomic E-state index is 0.329. The summed E-state index contributed by atoms with van der Waals surface area (Å²) in [5.41, 5.74) is 1.72. The summed E-state index contributed by atoms with van der Waals surface area (Å²) in [6, 6.07) is 9.56. The molecule has 2 saturated heterocycles. The predicted molar refractivity (Wildman–Crippen MR) is 123 cm³/mol. The number of pyridine rings is 2. The molecule has 2 aliphatic rings. The smallest absolute Gasteiger partial charge is 0.188 e. The van der Waals surface area contributed by atoms with Crippen molar-refractivity contribution in [1.82, 2.24) is 25.1 Å². The normalized spacial score (nSPS) is 22.6. The van der Waals surface area contributed by atoms with E-state index in [-0.39, 0.29) is 0 Å². The van der Waals surface area contributed by atoms with E-state index in [1.807, 2.05) is 25.1 Å². The lowest BCUT2D eigenvalue weighted by atomic mass is 9.97. The number of nitrogens with one attached hydrogen (secondary N) is 3. The molecule has 2 fully saturated rings. The van der Waals surface area contributed by atoms with Gasteiger partial charge in [-0.25, -0.2) is 4.98 Å². The maximum absolute atomic E-state index is 8.99. The molecule has 2 atom stereocenters. The van der Waals surface area contributed by atoms with Gasteiger partial charge in [0.2, 0.25) is 0 Å². The highest BCUT2D eigenvalue weighted by molar-refractivity contribution is 5.97. The molecule has 0 aliphatic carbocycles. The Morgan fingerprint density at radius 3 is 2.78 bits per heavy atom. The first-order valence-corrected chi connectivity index (χ1v) is 11.2. The summed E-state index contributed by atoms with van der Waals surface area (Å²) in [6.07, 6.45) is 6.89. The van der Waals surface area contributed by atoms with Crippen LogP contribution in [0.2, 0.25) is 0 Å². The molecule has 3 N–H and O–H groups in total.